The second-order valence-corrected chi connectivity index (χ2v) is 6.07. The lowest BCUT2D eigenvalue weighted by Crippen LogP contribution is -2.30. The Labute approximate surface area is 101 Å². The number of epoxide rings is 1. The van der Waals surface area contributed by atoms with Crippen molar-refractivity contribution in [3.63, 3.8) is 0 Å². The first-order chi connectivity index (χ1) is 8.16. The van der Waals surface area contributed by atoms with Crippen LogP contribution in [0.2, 0.25) is 0 Å². The molecule has 3 nitrogen and oxygen atoms in total. The fourth-order valence-corrected chi connectivity index (χ4v) is 4.12. The molecule has 0 spiro atoms. The molecule has 0 radical (unpaired) electrons. The van der Waals surface area contributed by atoms with E-state index in [2.05, 4.69) is 6.92 Å². The number of allylic oxidation sites excluding steroid dienone is 1. The Hall–Kier alpha value is -0.830. The summed E-state index contributed by atoms with van der Waals surface area (Å²) >= 11 is 0. The van der Waals surface area contributed by atoms with Gasteiger partial charge in [-0.15, -0.1) is 0 Å². The van der Waals surface area contributed by atoms with Crippen molar-refractivity contribution in [2.75, 3.05) is 0 Å². The SMILES string of the molecule is CC1=C2C[C@H]3O[C@H]3[C@@H]2[C@H]2OC(=O)[C@@H](C)[C@@H]2CC1. The van der Waals surface area contributed by atoms with Gasteiger partial charge in [-0.3, -0.25) is 4.79 Å². The molecule has 0 aromatic heterocycles. The summed E-state index contributed by atoms with van der Waals surface area (Å²) in [6, 6.07) is 0. The van der Waals surface area contributed by atoms with Gasteiger partial charge in [0.05, 0.1) is 18.1 Å². The number of fused-ring (bicyclic) bond motifs is 5. The van der Waals surface area contributed by atoms with Crippen LogP contribution >= 0.6 is 0 Å². The average Bonchev–Trinajstić information content (AvgIpc) is 2.92. The molecule has 92 valence electrons. The van der Waals surface area contributed by atoms with Gasteiger partial charge in [-0.05, 0) is 26.2 Å². The maximum absolute atomic E-state index is 11.8. The van der Waals surface area contributed by atoms with E-state index in [-0.39, 0.29) is 18.0 Å². The summed E-state index contributed by atoms with van der Waals surface area (Å²) in [6.07, 6.45) is 4.19. The zero-order valence-electron chi connectivity index (χ0n) is 10.3. The van der Waals surface area contributed by atoms with Crippen molar-refractivity contribution in [2.24, 2.45) is 17.8 Å². The molecule has 3 heteroatoms. The number of hydrogen-bond donors (Lipinski definition) is 0. The lowest BCUT2D eigenvalue weighted by Gasteiger charge is -2.24. The first-order valence-corrected chi connectivity index (χ1v) is 6.71. The molecule has 3 fully saturated rings. The van der Waals surface area contributed by atoms with Crippen molar-refractivity contribution >= 4 is 5.97 Å². The second kappa shape index (κ2) is 3.14. The van der Waals surface area contributed by atoms with Crippen LogP contribution in [0.15, 0.2) is 11.1 Å². The summed E-state index contributed by atoms with van der Waals surface area (Å²) in [5.74, 6) is 0.859. The average molecular weight is 234 g/mol. The predicted molar refractivity (Wildman–Crippen MR) is 61.2 cm³/mol. The van der Waals surface area contributed by atoms with E-state index in [1.165, 1.54) is 5.57 Å². The van der Waals surface area contributed by atoms with Gasteiger partial charge in [0.1, 0.15) is 6.10 Å². The predicted octanol–water partition coefficient (Wildman–Crippen LogP) is 2.06. The van der Waals surface area contributed by atoms with Gasteiger partial charge in [0.15, 0.2) is 0 Å². The van der Waals surface area contributed by atoms with E-state index in [0.29, 0.717) is 24.0 Å². The van der Waals surface area contributed by atoms with E-state index in [9.17, 15) is 4.79 Å². The van der Waals surface area contributed by atoms with E-state index < -0.39 is 0 Å². The van der Waals surface area contributed by atoms with Crippen molar-refractivity contribution in [2.45, 2.75) is 51.4 Å². The third-order valence-corrected chi connectivity index (χ3v) is 5.24. The van der Waals surface area contributed by atoms with Gasteiger partial charge in [-0.25, -0.2) is 0 Å². The second-order valence-electron chi connectivity index (χ2n) is 6.07. The minimum atomic E-state index is 0.00278. The number of carbonyl (C=O) groups is 1. The molecule has 0 aromatic carbocycles. The van der Waals surface area contributed by atoms with Crippen LogP contribution in [0.3, 0.4) is 0 Å². The van der Waals surface area contributed by atoms with Gasteiger partial charge in [0, 0.05) is 11.8 Å². The molecule has 0 unspecified atom stereocenters. The van der Waals surface area contributed by atoms with Crippen LogP contribution in [0.1, 0.15) is 33.1 Å². The highest BCUT2D eigenvalue weighted by atomic mass is 16.6. The van der Waals surface area contributed by atoms with Crippen molar-refractivity contribution in [1.82, 2.24) is 0 Å². The highest BCUT2D eigenvalue weighted by Gasteiger charge is 2.61. The molecule has 0 aromatic rings. The van der Waals surface area contributed by atoms with E-state index in [4.69, 9.17) is 9.47 Å². The first kappa shape index (κ1) is 10.1. The largest absolute Gasteiger partial charge is 0.461 e. The van der Waals surface area contributed by atoms with Crippen molar-refractivity contribution in [3.05, 3.63) is 11.1 Å². The van der Waals surface area contributed by atoms with Gasteiger partial charge in [-0.2, -0.15) is 0 Å². The lowest BCUT2D eigenvalue weighted by atomic mass is 9.82. The summed E-state index contributed by atoms with van der Waals surface area (Å²) in [6.45, 7) is 4.27. The van der Waals surface area contributed by atoms with Crippen LogP contribution in [0.25, 0.3) is 0 Å². The molecule has 2 heterocycles. The molecule has 0 N–H and O–H groups in total. The first-order valence-electron chi connectivity index (χ1n) is 6.71. The van der Waals surface area contributed by atoms with E-state index in [0.717, 1.165) is 19.3 Å². The molecule has 2 saturated heterocycles. The standard InChI is InChI=1S/C14H18O3/c1-6-3-4-8-7(2)14(15)17-12(8)11-9(6)5-10-13(11)16-10/h7-8,10-13H,3-5H2,1-2H3/t7-,8-,10+,11-,12-,13+/m0/s1. The van der Waals surface area contributed by atoms with Gasteiger partial charge in [-0.1, -0.05) is 18.1 Å². The number of ether oxygens (including phenoxy) is 2. The number of rotatable bonds is 0. The van der Waals surface area contributed by atoms with Crippen molar-refractivity contribution in [3.8, 4) is 0 Å². The minimum Gasteiger partial charge on any atom is -0.461 e. The lowest BCUT2D eigenvalue weighted by molar-refractivity contribution is -0.145. The van der Waals surface area contributed by atoms with E-state index in [1.54, 1.807) is 5.57 Å². The molecular weight excluding hydrogens is 216 g/mol. The molecule has 4 aliphatic rings. The molecular formula is C14H18O3. The number of carbonyl (C=O) groups excluding carboxylic acids is 1. The quantitative estimate of drug-likeness (QED) is 0.366. The number of esters is 1. The molecule has 2 aliphatic heterocycles. The van der Waals surface area contributed by atoms with Crippen LogP contribution in [0.4, 0.5) is 0 Å². The fraction of sp³-hybridized carbons (Fsp3) is 0.786. The Bertz CT molecular complexity index is 425. The van der Waals surface area contributed by atoms with Crippen LogP contribution in [0.5, 0.6) is 0 Å². The monoisotopic (exact) mass is 234 g/mol. The fourth-order valence-electron chi connectivity index (χ4n) is 4.12. The molecule has 6 atom stereocenters. The minimum absolute atomic E-state index is 0.00278. The highest BCUT2D eigenvalue weighted by Crippen LogP contribution is 2.55. The van der Waals surface area contributed by atoms with Gasteiger partial charge in [0.25, 0.3) is 0 Å². The zero-order chi connectivity index (χ0) is 11.7. The van der Waals surface area contributed by atoms with Gasteiger partial charge < -0.3 is 9.47 Å². The van der Waals surface area contributed by atoms with Crippen LogP contribution in [0, 0.1) is 17.8 Å². The van der Waals surface area contributed by atoms with Crippen LogP contribution < -0.4 is 0 Å². The Morgan fingerprint density at radius 2 is 2.12 bits per heavy atom. The summed E-state index contributed by atoms with van der Waals surface area (Å²) in [7, 11) is 0. The highest BCUT2D eigenvalue weighted by molar-refractivity contribution is 5.75. The molecule has 0 amide bonds. The molecule has 17 heavy (non-hydrogen) atoms. The van der Waals surface area contributed by atoms with Crippen molar-refractivity contribution < 1.29 is 14.3 Å². The smallest absolute Gasteiger partial charge is 0.309 e. The summed E-state index contributed by atoms with van der Waals surface area (Å²) < 4.78 is 11.3. The molecule has 2 aliphatic carbocycles. The summed E-state index contributed by atoms with van der Waals surface area (Å²) in [5.41, 5.74) is 3.07. The Morgan fingerprint density at radius 3 is 2.94 bits per heavy atom. The molecule has 0 bridgehead atoms. The van der Waals surface area contributed by atoms with Crippen molar-refractivity contribution in [1.29, 1.82) is 0 Å². The third kappa shape index (κ3) is 1.23. The zero-order valence-corrected chi connectivity index (χ0v) is 10.3. The maximum atomic E-state index is 11.8. The molecule has 4 rings (SSSR count). The number of hydrogen-bond acceptors (Lipinski definition) is 3. The maximum Gasteiger partial charge on any atom is 0.309 e. The van der Waals surface area contributed by atoms with Gasteiger partial charge in [0.2, 0.25) is 0 Å². The van der Waals surface area contributed by atoms with Crippen LogP contribution in [-0.4, -0.2) is 24.3 Å². The van der Waals surface area contributed by atoms with E-state index in [1.807, 2.05) is 6.92 Å². The Balaban J connectivity index is 1.75. The Kier molecular flexibility index (Phi) is 1.87. The molecule has 1 saturated carbocycles. The van der Waals surface area contributed by atoms with E-state index >= 15 is 0 Å². The van der Waals surface area contributed by atoms with Gasteiger partial charge >= 0.3 is 5.97 Å². The Morgan fingerprint density at radius 1 is 1.29 bits per heavy atom. The topological polar surface area (TPSA) is 38.8 Å². The normalized spacial score (nSPS) is 51.5. The summed E-state index contributed by atoms with van der Waals surface area (Å²) in [4.78, 5) is 11.8. The van der Waals surface area contributed by atoms with Crippen LogP contribution in [-0.2, 0) is 14.3 Å². The summed E-state index contributed by atoms with van der Waals surface area (Å²) in [5, 5.41) is 0. The third-order valence-electron chi connectivity index (χ3n) is 5.24.